The average Bonchev–Trinajstić information content (AvgIpc) is 3.16. The standard InChI is InChI=1S/C20H20N6O3S/c1-3-25-19(16-8-4-14(2)5-9-16)23-24-20(25)30-13-18(27)22-21-12-15-6-10-17(11-7-15)26(28)29/h4-12H,3,13H2,1-2H3,(H,22,27)/b21-12+. The number of nitrogens with one attached hydrogen (secondary N) is 1. The average molecular weight is 424 g/mol. The van der Waals surface area contributed by atoms with E-state index in [4.69, 9.17) is 0 Å². The van der Waals surface area contributed by atoms with Gasteiger partial charge < -0.3 is 4.57 Å². The lowest BCUT2D eigenvalue weighted by Crippen LogP contribution is -2.20. The van der Waals surface area contributed by atoms with Gasteiger partial charge in [-0.3, -0.25) is 14.9 Å². The van der Waals surface area contributed by atoms with Crippen molar-refractivity contribution in [3.63, 3.8) is 0 Å². The summed E-state index contributed by atoms with van der Waals surface area (Å²) in [4.78, 5) is 22.2. The lowest BCUT2D eigenvalue weighted by Gasteiger charge is -2.07. The number of aromatic nitrogens is 3. The van der Waals surface area contributed by atoms with E-state index >= 15 is 0 Å². The summed E-state index contributed by atoms with van der Waals surface area (Å²) in [7, 11) is 0. The summed E-state index contributed by atoms with van der Waals surface area (Å²) in [5, 5.41) is 23.7. The number of rotatable bonds is 8. The molecule has 0 aliphatic carbocycles. The van der Waals surface area contributed by atoms with Crippen LogP contribution in [0, 0.1) is 17.0 Å². The highest BCUT2D eigenvalue weighted by Gasteiger charge is 2.14. The zero-order valence-corrected chi connectivity index (χ0v) is 17.3. The first-order valence-electron chi connectivity index (χ1n) is 9.17. The van der Waals surface area contributed by atoms with Crippen molar-refractivity contribution < 1.29 is 9.72 Å². The van der Waals surface area contributed by atoms with E-state index < -0.39 is 4.92 Å². The van der Waals surface area contributed by atoms with Crippen molar-refractivity contribution in [1.29, 1.82) is 0 Å². The number of hydrogen-bond donors (Lipinski definition) is 1. The van der Waals surface area contributed by atoms with Crippen LogP contribution in [0.5, 0.6) is 0 Å². The summed E-state index contributed by atoms with van der Waals surface area (Å²) in [6, 6.07) is 13.9. The molecule has 0 spiro atoms. The Kier molecular flexibility index (Phi) is 6.91. The van der Waals surface area contributed by atoms with Crippen molar-refractivity contribution in [2.45, 2.75) is 25.5 Å². The number of amides is 1. The second kappa shape index (κ2) is 9.79. The van der Waals surface area contributed by atoms with Gasteiger partial charge in [0.1, 0.15) is 0 Å². The first-order chi connectivity index (χ1) is 14.5. The Bertz CT molecular complexity index is 1060. The molecule has 0 unspecified atom stereocenters. The second-order valence-electron chi connectivity index (χ2n) is 6.35. The lowest BCUT2D eigenvalue weighted by molar-refractivity contribution is -0.384. The number of non-ortho nitro benzene ring substituents is 1. The molecular weight excluding hydrogens is 404 g/mol. The van der Waals surface area contributed by atoms with E-state index in [0.29, 0.717) is 17.3 Å². The molecule has 1 aromatic heterocycles. The van der Waals surface area contributed by atoms with Gasteiger partial charge in [-0.2, -0.15) is 5.10 Å². The molecule has 1 heterocycles. The van der Waals surface area contributed by atoms with Gasteiger partial charge in [-0.1, -0.05) is 41.6 Å². The summed E-state index contributed by atoms with van der Waals surface area (Å²) in [6.45, 7) is 4.70. The number of nitro benzene ring substituents is 1. The summed E-state index contributed by atoms with van der Waals surface area (Å²) < 4.78 is 1.96. The quantitative estimate of drug-likeness (QED) is 0.256. The molecule has 10 heteroatoms. The van der Waals surface area contributed by atoms with E-state index in [1.165, 1.54) is 35.7 Å². The highest BCUT2D eigenvalue weighted by atomic mass is 32.2. The van der Waals surface area contributed by atoms with Crippen LogP contribution in [0.4, 0.5) is 5.69 Å². The molecule has 154 valence electrons. The summed E-state index contributed by atoms with van der Waals surface area (Å²) in [6.07, 6.45) is 1.43. The van der Waals surface area contributed by atoms with Gasteiger partial charge in [-0.05, 0) is 31.5 Å². The molecule has 1 N–H and O–H groups in total. The largest absolute Gasteiger partial charge is 0.302 e. The number of hydrazone groups is 1. The minimum absolute atomic E-state index is 0.00220. The number of aryl methyl sites for hydroxylation is 1. The van der Waals surface area contributed by atoms with Gasteiger partial charge in [0.2, 0.25) is 0 Å². The van der Waals surface area contributed by atoms with Crippen LogP contribution in [0.1, 0.15) is 18.1 Å². The number of nitro groups is 1. The minimum Gasteiger partial charge on any atom is -0.302 e. The van der Waals surface area contributed by atoms with Crippen LogP contribution in [0.3, 0.4) is 0 Å². The topological polar surface area (TPSA) is 115 Å². The van der Waals surface area contributed by atoms with Gasteiger partial charge in [-0.25, -0.2) is 5.43 Å². The van der Waals surface area contributed by atoms with Gasteiger partial charge >= 0.3 is 0 Å². The smallest absolute Gasteiger partial charge is 0.269 e. The van der Waals surface area contributed by atoms with Crippen LogP contribution >= 0.6 is 11.8 Å². The summed E-state index contributed by atoms with van der Waals surface area (Å²) in [5.74, 6) is 0.598. The predicted molar refractivity (Wildman–Crippen MR) is 115 cm³/mol. The summed E-state index contributed by atoms with van der Waals surface area (Å²) >= 11 is 1.28. The molecule has 3 aromatic rings. The maximum Gasteiger partial charge on any atom is 0.269 e. The van der Waals surface area contributed by atoms with Crippen LogP contribution in [0.2, 0.25) is 0 Å². The van der Waals surface area contributed by atoms with Crippen LogP contribution in [-0.4, -0.2) is 37.6 Å². The molecular formula is C20H20N6O3S. The van der Waals surface area contributed by atoms with E-state index in [2.05, 4.69) is 20.7 Å². The SMILES string of the molecule is CCn1c(SCC(=O)N/N=C/c2ccc([N+](=O)[O-])cc2)nnc1-c1ccc(C)cc1. The van der Waals surface area contributed by atoms with Gasteiger partial charge in [-0.15, -0.1) is 10.2 Å². The van der Waals surface area contributed by atoms with Crippen LogP contribution in [0.25, 0.3) is 11.4 Å². The molecule has 0 bridgehead atoms. The predicted octanol–water partition coefficient (Wildman–Crippen LogP) is 3.42. The van der Waals surface area contributed by atoms with Crippen LogP contribution in [-0.2, 0) is 11.3 Å². The van der Waals surface area contributed by atoms with Crippen molar-refractivity contribution in [2.75, 3.05) is 5.75 Å². The maximum absolute atomic E-state index is 12.1. The maximum atomic E-state index is 12.1. The normalized spacial score (nSPS) is 11.0. The first kappa shape index (κ1) is 21.2. The third-order valence-electron chi connectivity index (χ3n) is 4.18. The van der Waals surface area contributed by atoms with Crippen LogP contribution in [0.15, 0.2) is 58.8 Å². The molecule has 0 saturated heterocycles. The number of carbonyl (C=O) groups excluding carboxylic acids is 1. The number of benzene rings is 2. The Hall–Kier alpha value is -3.53. The summed E-state index contributed by atoms with van der Waals surface area (Å²) in [5.41, 5.74) is 5.22. The Morgan fingerprint density at radius 1 is 1.20 bits per heavy atom. The first-order valence-corrected chi connectivity index (χ1v) is 10.2. The van der Waals surface area contributed by atoms with E-state index in [9.17, 15) is 14.9 Å². The molecule has 1 amide bonds. The Balaban J connectivity index is 1.57. The molecule has 0 radical (unpaired) electrons. The van der Waals surface area contributed by atoms with Crippen molar-refractivity contribution in [2.24, 2.45) is 5.10 Å². The number of thioether (sulfide) groups is 1. The van der Waals surface area contributed by atoms with E-state index in [1.807, 2.05) is 42.7 Å². The Labute approximate surface area is 177 Å². The van der Waals surface area contributed by atoms with E-state index in [-0.39, 0.29) is 17.3 Å². The van der Waals surface area contributed by atoms with Gasteiger partial charge in [0.15, 0.2) is 11.0 Å². The monoisotopic (exact) mass is 424 g/mol. The minimum atomic E-state index is -0.473. The van der Waals surface area contributed by atoms with Gasteiger partial charge in [0.05, 0.1) is 16.9 Å². The third-order valence-corrected chi connectivity index (χ3v) is 5.15. The highest BCUT2D eigenvalue weighted by Crippen LogP contribution is 2.24. The molecule has 0 saturated carbocycles. The number of nitrogens with zero attached hydrogens (tertiary/aromatic N) is 5. The van der Waals surface area contributed by atoms with Crippen molar-refractivity contribution in [3.8, 4) is 11.4 Å². The lowest BCUT2D eigenvalue weighted by atomic mass is 10.1. The Morgan fingerprint density at radius 3 is 2.53 bits per heavy atom. The van der Waals surface area contributed by atoms with Crippen molar-refractivity contribution in [1.82, 2.24) is 20.2 Å². The molecule has 3 rings (SSSR count). The highest BCUT2D eigenvalue weighted by molar-refractivity contribution is 7.99. The number of carbonyl (C=O) groups is 1. The molecule has 9 nitrogen and oxygen atoms in total. The van der Waals surface area contributed by atoms with Gasteiger partial charge in [0, 0.05) is 24.2 Å². The van der Waals surface area contributed by atoms with Crippen molar-refractivity contribution >= 4 is 29.6 Å². The molecule has 0 aliphatic rings. The number of hydrogen-bond acceptors (Lipinski definition) is 7. The molecule has 0 aliphatic heterocycles. The fourth-order valence-electron chi connectivity index (χ4n) is 2.62. The zero-order valence-electron chi connectivity index (χ0n) is 16.5. The fraction of sp³-hybridized carbons (Fsp3) is 0.200. The van der Waals surface area contributed by atoms with E-state index in [1.54, 1.807) is 12.1 Å². The van der Waals surface area contributed by atoms with E-state index in [0.717, 1.165) is 11.4 Å². The third kappa shape index (κ3) is 5.29. The molecule has 2 aromatic carbocycles. The van der Waals surface area contributed by atoms with Gasteiger partial charge in [0.25, 0.3) is 11.6 Å². The van der Waals surface area contributed by atoms with Crippen LogP contribution < -0.4 is 5.43 Å². The molecule has 30 heavy (non-hydrogen) atoms. The second-order valence-corrected chi connectivity index (χ2v) is 7.29. The fourth-order valence-corrected chi connectivity index (χ4v) is 3.41. The Morgan fingerprint density at radius 2 is 1.90 bits per heavy atom. The molecule has 0 fully saturated rings. The molecule has 0 atom stereocenters. The zero-order chi connectivity index (χ0) is 21.5. The van der Waals surface area contributed by atoms with Crippen molar-refractivity contribution in [3.05, 3.63) is 69.8 Å².